The van der Waals surface area contributed by atoms with Crippen molar-refractivity contribution in [3.63, 3.8) is 0 Å². The Bertz CT molecular complexity index is 555. The van der Waals surface area contributed by atoms with Gasteiger partial charge in [-0.05, 0) is 74.5 Å². The first-order chi connectivity index (χ1) is 11.1. The number of carbonyl (C=O) groups is 1. The van der Waals surface area contributed by atoms with E-state index >= 15 is 0 Å². The largest absolute Gasteiger partial charge is 0.393 e. The lowest BCUT2D eigenvalue weighted by atomic mass is 9.43. The van der Waals surface area contributed by atoms with Crippen molar-refractivity contribution in [1.82, 2.24) is 0 Å². The number of carbonyl (C=O) groups excluding carboxylic acids is 1. The van der Waals surface area contributed by atoms with E-state index in [0.717, 1.165) is 38.5 Å². The topological polar surface area (TPSA) is 57.5 Å². The average molecular weight is 335 g/mol. The van der Waals surface area contributed by atoms with Crippen LogP contribution in [0.15, 0.2) is 0 Å². The summed E-state index contributed by atoms with van der Waals surface area (Å²) < 4.78 is 0. The molecule has 0 aromatic rings. The molecule has 4 saturated carbocycles. The van der Waals surface area contributed by atoms with Gasteiger partial charge in [0.1, 0.15) is 5.78 Å². The van der Waals surface area contributed by atoms with Gasteiger partial charge in [-0.25, -0.2) is 0 Å². The molecule has 4 fully saturated rings. The van der Waals surface area contributed by atoms with Crippen LogP contribution in [0, 0.1) is 40.4 Å². The van der Waals surface area contributed by atoms with Crippen molar-refractivity contribution < 1.29 is 15.0 Å². The fourth-order valence-corrected chi connectivity index (χ4v) is 7.76. The molecule has 0 aromatic heterocycles. The number of ketones is 1. The first kappa shape index (κ1) is 17.0. The zero-order valence-electron chi connectivity index (χ0n) is 15.7. The Balaban J connectivity index is 1.71. The Morgan fingerprint density at radius 1 is 1.08 bits per heavy atom. The number of hydrogen-bond donors (Lipinski definition) is 2. The summed E-state index contributed by atoms with van der Waals surface area (Å²) in [6.07, 6.45) is 6.23. The van der Waals surface area contributed by atoms with E-state index in [4.69, 9.17) is 0 Å². The van der Waals surface area contributed by atoms with Gasteiger partial charge in [-0.15, -0.1) is 0 Å². The maximum atomic E-state index is 12.3. The number of fused-ring (bicyclic) bond motifs is 5. The molecule has 9 atom stereocenters. The molecule has 0 aliphatic heterocycles. The van der Waals surface area contributed by atoms with Gasteiger partial charge in [-0.3, -0.25) is 4.79 Å². The van der Waals surface area contributed by atoms with Crippen molar-refractivity contribution in [2.45, 2.75) is 84.3 Å². The molecule has 0 aromatic carbocycles. The second-order valence-electron chi connectivity index (χ2n) is 10.4. The van der Waals surface area contributed by atoms with Gasteiger partial charge < -0.3 is 10.2 Å². The third kappa shape index (κ3) is 2.00. The number of aliphatic hydroxyl groups is 2. The van der Waals surface area contributed by atoms with E-state index in [2.05, 4.69) is 20.8 Å². The van der Waals surface area contributed by atoms with Crippen LogP contribution in [0.25, 0.3) is 0 Å². The maximum Gasteiger partial charge on any atom is 0.136 e. The summed E-state index contributed by atoms with van der Waals surface area (Å²) in [6, 6.07) is 0. The highest BCUT2D eigenvalue weighted by molar-refractivity contribution is 5.82. The van der Waals surface area contributed by atoms with Crippen LogP contribution in [0.2, 0.25) is 0 Å². The van der Waals surface area contributed by atoms with Gasteiger partial charge in [0.25, 0.3) is 0 Å². The first-order valence-corrected chi connectivity index (χ1v) is 10.0. The fourth-order valence-electron chi connectivity index (χ4n) is 7.76. The van der Waals surface area contributed by atoms with Crippen LogP contribution in [0.3, 0.4) is 0 Å². The summed E-state index contributed by atoms with van der Waals surface area (Å²) in [6.45, 7) is 8.63. The van der Waals surface area contributed by atoms with E-state index in [0.29, 0.717) is 35.9 Å². The molecule has 3 heteroatoms. The van der Waals surface area contributed by atoms with Crippen LogP contribution < -0.4 is 0 Å². The molecule has 4 rings (SSSR count). The monoisotopic (exact) mass is 334 g/mol. The Kier molecular flexibility index (Phi) is 3.59. The summed E-state index contributed by atoms with van der Waals surface area (Å²) >= 11 is 0. The maximum absolute atomic E-state index is 12.3. The highest BCUT2D eigenvalue weighted by atomic mass is 16.3. The number of aliphatic hydroxyl groups excluding tert-OH is 1. The van der Waals surface area contributed by atoms with Crippen molar-refractivity contribution in [3.8, 4) is 0 Å². The Labute approximate surface area is 146 Å². The van der Waals surface area contributed by atoms with Crippen molar-refractivity contribution in [2.24, 2.45) is 40.4 Å². The summed E-state index contributed by atoms with van der Waals surface area (Å²) in [5, 5.41) is 22.2. The molecule has 0 amide bonds. The second-order valence-corrected chi connectivity index (χ2v) is 10.4. The lowest BCUT2D eigenvalue weighted by molar-refractivity contribution is -0.196. The minimum absolute atomic E-state index is 0.0887. The molecule has 0 heterocycles. The Hall–Kier alpha value is -0.410. The molecule has 4 aliphatic carbocycles. The summed E-state index contributed by atoms with van der Waals surface area (Å²) in [4.78, 5) is 12.3. The van der Waals surface area contributed by atoms with Gasteiger partial charge >= 0.3 is 0 Å². The standard InChI is InChI=1S/C21H34O3/c1-12-10-19(2)13(9-16(12)22)5-6-14-15-7-8-21(4,24)20(15,3)11-17(23)18(14)19/h12-15,17-18,23-24H,5-11H2,1-4H3/t12-,13+,14-,15+,17-,18+,19+,20-,21+/m1/s1. The number of Topliss-reactive ketones (excluding diaryl/α,β-unsaturated/α-hetero) is 1. The molecular weight excluding hydrogens is 300 g/mol. The third-order valence-corrected chi connectivity index (χ3v) is 9.30. The molecule has 24 heavy (non-hydrogen) atoms. The fraction of sp³-hybridized carbons (Fsp3) is 0.952. The van der Waals surface area contributed by atoms with Gasteiger partial charge in [0.2, 0.25) is 0 Å². The lowest BCUT2D eigenvalue weighted by Gasteiger charge is -2.62. The van der Waals surface area contributed by atoms with E-state index < -0.39 is 5.60 Å². The number of hydrogen-bond acceptors (Lipinski definition) is 3. The zero-order valence-corrected chi connectivity index (χ0v) is 15.7. The van der Waals surface area contributed by atoms with Crippen LogP contribution in [0.1, 0.15) is 72.6 Å². The van der Waals surface area contributed by atoms with Crippen LogP contribution in [-0.2, 0) is 4.79 Å². The molecule has 0 unspecified atom stereocenters. The molecule has 0 saturated heterocycles. The molecule has 0 spiro atoms. The van der Waals surface area contributed by atoms with Gasteiger partial charge in [0.15, 0.2) is 0 Å². The molecule has 2 N–H and O–H groups in total. The van der Waals surface area contributed by atoms with Crippen molar-refractivity contribution in [3.05, 3.63) is 0 Å². The quantitative estimate of drug-likeness (QED) is 0.712. The normalized spacial score (nSPS) is 60.3. The zero-order chi connectivity index (χ0) is 17.5. The molecule has 136 valence electrons. The lowest BCUT2D eigenvalue weighted by Crippen LogP contribution is -2.61. The molecular formula is C21H34O3. The van der Waals surface area contributed by atoms with Crippen molar-refractivity contribution >= 4 is 5.78 Å². The van der Waals surface area contributed by atoms with Crippen LogP contribution in [0.5, 0.6) is 0 Å². The van der Waals surface area contributed by atoms with E-state index in [1.54, 1.807) is 0 Å². The van der Waals surface area contributed by atoms with Crippen molar-refractivity contribution in [1.29, 1.82) is 0 Å². The summed E-state index contributed by atoms with van der Waals surface area (Å²) in [7, 11) is 0. The van der Waals surface area contributed by atoms with Gasteiger partial charge in [0.05, 0.1) is 11.7 Å². The van der Waals surface area contributed by atoms with E-state index in [1.165, 1.54) is 0 Å². The summed E-state index contributed by atoms with van der Waals surface area (Å²) in [5.74, 6) is 2.34. The summed E-state index contributed by atoms with van der Waals surface area (Å²) in [5.41, 5.74) is -0.727. The van der Waals surface area contributed by atoms with Gasteiger partial charge in [-0.1, -0.05) is 20.8 Å². The predicted molar refractivity (Wildman–Crippen MR) is 93.3 cm³/mol. The van der Waals surface area contributed by atoms with E-state index in [-0.39, 0.29) is 22.9 Å². The predicted octanol–water partition coefficient (Wildman–Crippen LogP) is 3.57. The highest BCUT2D eigenvalue weighted by Crippen LogP contribution is 2.68. The van der Waals surface area contributed by atoms with Gasteiger partial charge in [0, 0.05) is 17.8 Å². The number of rotatable bonds is 0. The highest BCUT2D eigenvalue weighted by Gasteiger charge is 2.66. The molecule has 4 aliphatic rings. The Morgan fingerprint density at radius 2 is 1.79 bits per heavy atom. The SMILES string of the molecule is C[C@@H]1C[C@@]2(C)[C@@H](CC[C@H]3[C@H]2[C@H](O)C[C@]2(C)[C@H]3CC[C@]2(C)O)CC1=O. The Morgan fingerprint density at radius 3 is 2.50 bits per heavy atom. The van der Waals surface area contributed by atoms with Crippen LogP contribution >= 0.6 is 0 Å². The first-order valence-electron chi connectivity index (χ1n) is 10.0. The second kappa shape index (κ2) is 5.07. The third-order valence-electron chi connectivity index (χ3n) is 9.30. The molecule has 0 bridgehead atoms. The molecule has 0 radical (unpaired) electrons. The van der Waals surface area contributed by atoms with Crippen LogP contribution in [0.4, 0.5) is 0 Å². The van der Waals surface area contributed by atoms with E-state index in [1.807, 2.05) is 6.92 Å². The smallest absolute Gasteiger partial charge is 0.136 e. The average Bonchev–Trinajstić information content (AvgIpc) is 2.70. The van der Waals surface area contributed by atoms with Gasteiger partial charge in [-0.2, -0.15) is 0 Å². The molecule has 3 nitrogen and oxygen atoms in total. The van der Waals surface area contributed by atoms with E-state index in [9.17, 15) is 15.0 Å². The minimum atomic E-state index is -0.656. The minimum Gasteiger partial charge on any atom is -0.393 e. The van der Waals surface area contributed by atoms with Crippen LogP contribution in [-0.4, -0.2) is 27.7 Å². The van der Waals surface area contributed by atoms with Crippen molar-refractivity contribution in [2.75, 3.05) is 0 Å².